The zero-order valence-corrected chi connectivity index (χ0v) is 11.3. The van der Waals surface area contributed by atoms with Crippen LogP contribution in [0.3, 0.4) is 0 Å². The molecule has 0 spiro atoms. The summed E-state index contributed by atoms with van der Waals surface area (Å²) in [7, 11) is 1.57. The maximum atomic E-state index is 12.2. The van der Waals surface area contributed by atoms with E-state index >= 15 is 0 Å². The van der Waals surface area contributed by atoms with E-state index in [4.69, 9.17) is 11.6 Å². The van der Waals surface area contributed by atoms with E-state index in [1.54, 1.807) is 19.4 Å². The van der Waals surface area contributed by atoms with Crippen LogP contribution in [-0.4, -0.2) is 32.7 Å². The van der Waals surface area contributed by atoms with Crippen LogP contribution in [0.2, 0.25) is 5.02 Å². The highest BCUT2D eigenvalue weighted by Gasteiger charge is 2.22. The maximum Gasteiger partial charge on any atom is 0.288 e. The summed E-state index contributed by atoms with van der Waals surface area (Å²) in [5.74, 6) is 0.206. The standard InChI is InChI=1S/C12H11ClN4O3/c1-16(7-10-14-5-6-15-10)12(18)8-3-2-4-9(11(8)13)17(19)20/h2-6H,7H2,1H3,(H,14,15). The van der Waals surface area contributed by atoms with Crippen LogP contribution in [0.4, 0.5) is 5.69 Å². The van der Waals surface area contributed by atoms with E-state index in [1.807, 2.05) is 0 Å². The second-order valence-corrected chi connectivity index (χ2v) is 4.47. The topological polar surface area (TPSA) is 92.1 Å². The van der Waals surface area contributed by atoms with E-state index in [1.165, 1.54) is 23.1 Å². The molecule has 2 aromatic rings. The van der Waals surface area contributed by atoms with Gasteiger partial charge < -0.3 is 9.88 Å². The number of nitro groups is 1. The SMILES string of the molecule is CN(Cc1ncc[nH]1)C(=O)c1cccc([N+](=O)[O-])c1Cl. The van der Waals surface area contributed by atoms with E-state index < -0.39 is 10.8 Å². The fourth-order valence-corrected chi connectivity index (χ4v) is 1.99. The summed E-state index contributed by atoms with van der Waals surface area (Å²) in [6.45, 7) is 0.255. The number of hydrogen-bond donors (Lipinski definition) is 1. The highest BCUT2D eigenvalue weighted by Crippen LogP contribution is 2.28. The van der Waals surface area contributed by atoms with Crippen LogP contribution < -0.4 is 0 Å². The minimum absolute atomic E-state index is 0.0925. The third-order valence-electron chi connectivity index (χ3n) is 2.69. The summed E-state index contributed by atoms with van der Waals surface area (Å²) < 4.78 is 0. The molecule has 0 bridgehead atoms. The Labute approximate surface area is 119 Å². The first-order valence-corrected chi connectivity index (χ1v) is 6.05. The van der Waals surface area contributed by atoms with Crippen LogP contribution in [0.5, 0.6) is 0 Å². The van der Waals surface area contributed by atoms with Crippen molar-refractivity contribution in [2.24, 2.45) is 0 Å². The van der Waals surface area contributed by atoms with Gasteiger partial charge in [-0.15, -0.1) is 0 Å². The number of carbonyl (C=O) groups is 1. The fourth-order valence-electron chi connectivity index (χ4n) is 1.71. The lowest BCUT2D eigenvalue weighted by atomic mass is 10.1. The molecule has 0 saturated heterocycles. The molecule has 1 aromatic carbocycles. The first kappa shape index (κ1) is 14.0. The van der Waals surface area contributed by atoms with Gasteiger partial charge in [-0.1, -0.05) is 17.7 Å². The average molecular weight is 295 g/mol. The molecule has 2 rings (SSSR count). The van der Waals surface area contributed by atoms with Crippen LogP contribution in [0, 0.1) is 10.1 Å². The van der Waals surface area contributed by atoms with Crippen LogP contribution >= 0.6 is 11.6 Å². The van der Waals surface area contributed by atoms with E-state index in [0.29, 0.717) is 5.82 Å². The van der Waals surface area contributed by atoms with Gasteiger partial charge in [-0.3, -0.25) is 14.9 Å². The second-order valence-electron chi connectivity index (χ2n) is 4.09. The van der Waals surface area contributed by atoms with Crippen molar-refractivity contribution < 1.29 is 9.72 Å². The van der Waals surface area contributed by atoms with Gasteiger partial charge in [-0.2, -0.15) is 0 Å². The van der Waals surface area contributed by atoms with Crippen molar-refractivity contribution in [3.63, 3.8) is 0 Å². The molecule has 0 aliphatic carbocycles. The van der Waals surface area contributed by atoms with Gasteiger partial charge in [0, 0.05) is 25.5 Å². The largest absolute Gasteiger partial charge is 0.347 e. The first-order chi connectivity index (χ1) is 9.50. The smallest absolute Gasteiger partial charge is 0.288 e. The molecule has 1 N–H and O–H groups in total. The van der Waals surface area contributed by atoms with Crippen molar-refractivity contribution in [1.82, 2.24) is 14.9 Å². The van der Waals surface area contributed by atoms with E-state index in [0.717, 1.165) is 0 Å². The number of carbonyl (C=O) groups excluding carboxylic acids is 1. The molecule has 8 heteroatoms. The Morgan fingerprint density at radius 3 is 2.90 bits per heavy atom. The molecule has 1 heterocycles. The van der Waals surface area contributed by atoms with Gasteiger partial charge in [-0.25, -0.2) is 4.98 Å². The Morgan fingerprint density at radius 1 is 1.55 bits per heavy atom. The summed E-state index contributed by atoms with van der Waals surface area (Å²) in [4.78, 5) is 30.7. The minimum atomic E-state index is -0.619. The molecular formula is C12H11ClN4O3. The number of benzene rings is 1. The molecule has 20 heavy (non-hydrogen) atoms. The molecular weight excluding hydrogens is 284 g/mol. The molecule has 0 aliphatic rings. The van der Waals surface area contributed by atoms with Gasteiger partial charge in [0.25, 0.3) is 11.6 Å². The van der Waals surface area contributed by atoms with Crippen molar-refractivity contribution in [2.75, 3.05) is 7.05 Å². The molecule has 7 nitrogen and oxygen atoms in total. The summed E-state index contributed by atoms with van der Waals surface area (Å²) in [5.41, 5.74) is -0.196. The Morgan fingerprint density at radius 2 is 2.30 bits per heavy atom. The monoisotopic (exact) mass is 294 g/mol. The van der Waals surface area contributed by atoms with Gasteiger partial charge >= 0.3 is 0 Å². The Hall–Kier alpha value is -2.41. The molecule has 0 radical (unpaired) electrons. The lowest BCUT2D eigenvalue weighted by Gasteiger charge is -2.16. The number of amides is 1. The highest BCUT2D eigenvalue weighted by molar-refractivity contribution is 6.35. The number of rotatable bonds is 4. The van der Waals surface area contributed by atoms with Crippen LogP contribution in [-0.2, 0) is 6.54 Å². The third-order valence-corrected chi connectivity index (χ3v) is 3.09. The summed E-state index contributed by atoms with van der Waals surface area (Å²) in [6, 6.07) is 4.14. The predicted molar refractivity (Wildman–Crippen MR) is 72.5 cm³/mol. The number of aromatic nitrogens is 2. The fraction of sp³-hybridized carbons (Fsp3) is 0.167. The van der Waals surface area contributed by atoms with Gasteiger partial charge in [-0.05, 0) is 6.07 Å². The third kappa shape index (κ3) is 2.77. The Kier molecular flexibility index (Phi) is 3.99. The average Bonchev–Trinajstić information content (AvgIpc) is 2.90. The quantitative estimate of drug-likeness (QED) is 0.691. The number of aromatic amines is 1. The number of nitrogens with zero attached hydrogens (tertiary/aromatic N) is 3. The molecule has 0 saturated carbocycles. The number of nitro benzene ring substituents is 1. The van der Waals surface area contributed by atoms with E-state index in [-0.39, 0.29) is 22.8 Å². The lowest BCUT2D eigenvalue weighted by molar-refractivity contribution is -0.384. The van der Waals surface area contributed by atoms with Gasteiger partial charge in [0.15, 0.2) is 0 Å². The van der Waals surface area contributed by atoms with Crippen LogP contribution in [0.1, 0.15) is 16.2 Å². The van der Waals surface area contributed by atoms with Crippen LogP contribution in [0.15, 0.2) is 30.6 Å². The van der Waals surface area contributed by atoms with E-state index in [2.05, 4.69) is 9.97 Å². The zero-order chi connectivity index (χ0) is 14.7. The number of hydrogen-bond acceptors (Lipinski definition) is 4. The molecule has 104 valence electrons. The minimum Gasteiger partial charge on any atom is -0.347 e. The number of halogens is 1. The Bertz CT molecular complexity index is 642. The molecule has 0 fully saturated rings. The second kappa shape index (κ2) is 5.70. The molecule has 1 aromatic heterocycles. The number of H-pyrrole nitrogens is 1. The lowest BCUT2D eigenvalue weighted by Crippen LogP contribution is -2.27. The summed E-state index contributed by atoms with van der Waals surface area (Å²) in [5, 5.41) is 10.6. The van der Waals surface area contributed by atoms with Crippen LogP contribution in [0.25, 0.3) is 0 Å². The number of imidazole rings is 1. The summed E-state index contributed by atoms with van der Waals surface area (Å²) >= 11 is 5.91. The highest BCUT2D eigenvalue weighted by atomic mass is 35.5. The number of nitrogens with one attached hydrogen (secondary N) is 1. The normalized spacial score (nSPS) is 10.3. The Balaban J connectivity index is 2.25. The van der Waals surface area contributed by atoms with Gasteiger partial charge in [0.2, 0.25) is 0 Å². The van der Waals surface area contributed by atoms with Crippen molar-refractivity contribution in [1.29, 1.82) is 0 Å². The molecule has 0 unspecified atom stereocenters. The van der Waals surface area contributed by atoms with Gasteiger partial charge in [0.05, 0.1) is 17.0 Å². The predicted octanol–water partition coefficient (Wildman–Crippen LogP) is 2.24. The molecule has 1 amide bonds. The van der Waals surface area contributed by atoms with Crippen molar-refractivity contribution >= 4 is 23.2 Å². The van der Waals surface area contributed by atoms with Crippen molar-refractivity contribution in [3.05, 3.63) is 57.1 Å². The van der Waals surface area contributed by atoms with Gasteiger partial charge in [0.1, 0.15) is 10.8 Å². The summed E-state index contributed by atoms with van der Waals surface area (Å²) in [6.07, 6.45) is 3.22. The molecule has 0 atom stereocenters. The van der Waals surface area contributed by atoms with Crippen molar-refractivity contribution in [3.8, 4) is 0 Å². The maximum absolute atomic E-state index is 12.2. The first-order valence-electron chi connectivity index (χ1n) is 5.67. The van der Waals surface area contributed by atoms with Crippen molar-refractivity contribution in [2.45, 2.75) is 6.54 Å². The zero-order valence-electron chi connectivity index (χ0n) is 10.5. The molecule has 0 aliphatic heterocycles. The van der Waals surface area contributed by atoms with E-state index in [9.17, 15) is 14.9 Å².